The van der Waals surface area contributed by atoms with Crippen molar-refractivity contribution in [2.75, 3.05) is 4.90 Å². The maximum atomic E-state index is 12.7. The van der Waals surface area contributed by atoms with Crippen LogP contribution in [0.1, 0.15) is 11.1 Å². The van der Waals surface area contributed by atoms with Crippen molar-refractivity contribution in [3.05, 3.63) is 78.1 Å². The van der Waals surface area contributed by atoms with Crippen molar-refractivity contribution in [2.45, 2.75) is 19.3 Å². The molecule has 2 aromatic rings. The van der Waals surface area contributed by atoms with E-state index in [1.54, 1.807) is 12.1 Å². The SMILES string of the molecule is O=C(N1C=CN(Cc2ccccc2)c2ccccc2C1)C(F)(F)F. The number of carbonyl (C=O) groups excluding carboxylic acids is 1. The molecule has 24 heavy (non-hydrogen) atoms. The van der Waals surface area contributed by atoms with Crippen molar-refractivity contribution in [2.24, 2.45) is 0 Å². The van der Waals surface area contributed by atoms with Crippen LogP contribution in [0.25, 0.3) is 0 Å². The van der Waals surface area contributed by atoms with E-state index in [-0.39, 0.29) is 6.54 Å². The maximum absolute atomic E-state index is 12.7. The highest BCUT2D eigenvalue weighted by Crippen LogP contribution is 2.29. The van der Waals surface area contributed by atoms with Crippen LogP contribution in [-0.2, 0) is 17.9 Å². The van der Waals surface area contributed by atoms with Crippen LogP contribution in [0.3, 0.4) is 0 Å². The predicted octanol–water partition coefficient (Wildman–Crippen LogP) is 4.07. The molecule has 3 rings (SSSR count). The Balaban J connectivity index is 1.94. The van der Waals surface area contributed by atoms with Crippen LogP contribution < -0.4 is 4.90 Å². The highest BCUT2D eigenvalue weighted by atomic mass is 19.4. The number of benzene rings is 2. The number of para-hydroxylation sites is 1. The molecule has 0 atom stereocenters. The summed E-state index contributed by atoms with van der Waals surface area (Å²) in [5.41, 5.74) is 2.47. The fraction of sp³-hybridized carbons (Fsp3) is 0.167. The molecule has 0 fully saturated rings. The van der Waals surface area contributed by atoms with Gasteiger partial charge in [0.2, 0.25) is 0 Å². The van der Waals surface area contributed by atoms with Crippen LogP contribution in [0, 0.1) is 0 Å². The summed E-state index contributed by atoms with van der Waals surface area (Å²) in [6.07, 6.45) is -2.19. The van der Waals surface area contributed by atoms with Gasteiger partial charge in [0, 0.05) is 24.6 Å². The Morgan fingerprint density at radius 3 is 2.33 bits per heavy atom. The number of rotatable bonds is 2. The fourth-order valence-corrected chi connectivity index (χ4v) is 2.62. The van der Waals surface area contributed by atoms with Crippen LogP contribution in [0.5, 0.6) is 0 Å². The van der Waals surface area contributed by atoms with Crippen LogP contribution in [0.4, 0.5) is 18.9 Å². The molecule has 0 spiro atoms. The van der Waals surface area contributed by atoms with E-state index in [1.807, 2.05) is 47.4 Å². The lowest BCUT2D eigenvalue weighted by Gasteiger charge is -2.21. The number of fused-ring (bicyclic) bond motifs is 1. The topological polar surface area (TPSA) is 23.6 Å². The van der Waals surface area contributed by atoms with Crippen LogP contribution in [-0.4, -0.2) is 17.0 Å². The Morgan fingerprint density at radius 2 is 1.62 bits per heavy atom. The van der Waals surface area contributed by atoms with E-state index in [9.17, 15) is 18.0 Å². The van der Waals surface area contributed by atoms with Crippen LogP contribution >= 0.6 is 0 Å². The van der Waals surface area contributed by atoms with Crippen molar-refractivity contribution in [3.8, 4) is 0 Å². The monoisotopic (exact) mass is 332 g/mol. The summed E-state index contributed by atoms with van der Waals surface area (Å²) in [7, 11) is 0. The summed E-state index contributed by atoms with van der Waals surface area (Å²) in [4.78, 5) is 14.1. The van der Waals surface area contributed by atoms with E-state index in [1.165, 1.54) is 12.4 Å². The Morgan fingerprint density at radius 1 is 0.958 bits per heavy atom. The Kier molecular flexibility index (Phi) is 4.29. The van der Waals surface area contributed by atoms with Crippen molar-refractivity contribution < 1.29 is 18.0 Å². The van der Waals surface area contributed by atoms with Crippen molar-refractivity contribution in [3.63, 3.8) is 0 Å². The molecular formula is C18H15F3N2O. The van der Waals surface area contributed by atoms with Crippen molar-refractivity contribution >= 4 is 11.6 Å². The Labute approximate surface area is 137 Å². The van der Waals surface area contributed by atoms with Gasteiger partial charge in [0.15, 0.2) is 0 Å². The summed E-state index contributed by atoms with van der Waals surface area (Å²) in [5.74, 6) is -1.87. The van der Waals surface area contributed by atoms with Gasteiger partial charge in [-0.15, -0.1) is 0 Å². The third kappa shape index (κ3) is 3.42. The largest absolute Gasteiger partial charge is 0.471 e. The molecule has 124 valence electrons. The molecule has 2 aromatic carbocycles. The molecule has 0 radical (unpaired) electrons. The van der Waals surface area contributed by atoms with Crippen LogP contribution in [0.2, 0.25) is 0 Å². The van der Waals surface area contributed by atoms with Gasteiger partial charge in [-0.25, -0.2) is 0 Å². The molecule has 0 saturated carbocycles. The van der Waals surface area contributed by atoms with E-state index < -0.39 is 12.1 Å². The number of halogens is 3. The summed E-state index contributed by atoms with van der Waals surface area (Å²) in [6, 6.07) is 16.7. The summed E-state index contributed by atoms with van der Waals surface area (Å²) in [5, 5.41) is 0. The summed E-state index contributed by atoms with van der Waals surface area (Å²) >= 11 is 0. The Hall–Kier alpha value is -2.76. The lowest BCUT2D eigenvalue weighted by Crippen LogP contribution is -2.37. The first-order valence-corrected chi connectivity index (χ1v) is 7.40. The van der Waals surface area contributed by atoms with E-state index >= 15 is 0 Å². The minimum Gasteiger partial charge on any atom is -0.342 e. The second-order valence-corrected chi connectivity index (χ2v) is 5.47. The molecular weight excluding hydrogens is 317 g/mol. The zero-order valence-electron chi connectivity index (χ0n) is 12.7. The number of hydrogen-bond donors (Lipinski definition) is 0. The zero-order valence-corrected chi connectivity index (χ0v) is 12.7. The third-order valence-electron chi connectivity index (χ3n) is 3.77. The minimum absolute atomic E-state index is 0.115. The summed E-state index contributed by atoms with van der Waals surface area (Å²) < 4.78 is 38.2. The molecule has 1 heterocycles. The van der Waals surface area contributed by atoms with Crippen LogP contribution in [0.15, 0.2) is 67.0 Å². The van der Waals surface area contributed by atoms with E-state index in [0.717, 1.165) is 11.3 Å². The molecule has 1 amide bonds. The van der Waals surface area contributed by atoms with Gasteiger partial charge in [-0.05, 0) is 17.2 Å². The number of carbonyl (C=O) groups is 1. The van der Waals surface area contributed by atoms with E-state index in [0.29, 0.717) is 17.0 Å². The smallest absolute Gasteiger partial charge is 0.342 e. The second-order valence-electron chi connectivity index (χ2n) is 5.47. The molecule has 0 N–H and O–H groups in total. The normalized spacial score (nSPS) is 14.3. The maximum Gasteiger partial charge on any atom is 0.471 e. The van der Waals surface area contributed by atoms with Gasteiger partial charge in [0.05, 0.1) is 6.54 Å². The van der Waals surface area contributed by atoms with Gasteiger partial charge in [-0.3, -0.25) is 4.79 Å². The van der Waals surface area contributed by atoms with Crippen molar-refractivity contribution in [1.82, 2.24) is 4.90 Å². The van der Waals surface area contributed by atoms with Gasteiger partial charge in [0.25, 0.3) is 0 Å². The second kappa shape index (κ2) is 6.39. The molecule has 0 aromatic heterocycles. The van der Waals surface area contributed by atoms with Gasteiger partial charge in [-0.1, -0.05) is 48.5 Å². The molecule has 1 aliphatic rings. The predicted molar refractivity (Wildman–Crippen MR) is 84.8 cm³/mol. The first-order chi connectivity index (χ1) is 11.4. The summed E-state index contributed by atoms with van der Waals surface area (Å²) in [6.45, 7) is 0.388. The molecule has 1 aliphatic heterocycles. The highest BCUT2D eigenvalue weighted by Gasteiger charge is 2.42. The molecule has 0 bridgehead atoms. The first kappa shape index (κ1) is 16.1. The third-order valence-corrected chi connectivity index (χ3v) is 3.77. The van der Waals surface area contributed by atoms with Gasteiger partial charge in [0.1, 0.15) is 0 Å². The highest BCUT2D eigenvalue weighted by molar-refractivity contribution is 5.83. The molecule has 0 aliphatic carbocycles. The lowest BCUT2D eigenvalue weighted by atomic mass is 10.1. The number of amides is 1. The molecule has 0 saturated heterocycles. The minimum atomic E-state index is -4.89. The Bertz CT molecular complexity index is 756. The van der Waals surface area contributed by atoms with Crippen molar-refractivity contribution in [1.29, 1.82) is 0 Å². The number of anilines is 1. The molecule has 0 unspecified atom stereocenters. The average Bonchev–Trinajstić information content (AvgIpc) is 2.74. The average molecular weight is 332 g/mol. The fourth-order valence-electron chi connectivity index (χ4n) is 2.62. The van der Waals surface area contributed by atoms with E-state index in [2.05, 4.69) is 0 Å². The quantitative estimate of drug-likeness (QED) is 0.828. The number of hydrogen-bond acceptors (Lipinski definition) is 2. The molecule has 6 heteroatoms. The number of nitrogens with zero attached hydrogens (tertiary/aromatic N) is 2. The first-order valence-electron chi connectivity index (χ1n) is 7.40. The molecule has 3 nitrogen and oxygen atoms in total. The van der Waals surface area contributed by atoms with Gasteiger partial charge >= 0.3 is 12.1 Å². The number of alkyl halides is 3. The van der Waals surface area contributed by atoms with E-state index in [4.69, 9.17) is 0 Å². The van der Waals surface area contributed by atoms with Gasteiger partial charge in [-0.2, -0.15) is 13.2 Å². The zero-order chi connectivity index (χ0) is 17.2. The lowest BCUT2D eigenvalue weighted by molar-refractivity contribution is -0.183. The standard InChI is InChI=1S/C18H15F3N2O/c19-18(20,21)17(24)23-11-10-22(12-14-6-2-1-3-7-14)16-9-5-4-8-15(16)13-23/h1-11H,12-13H2. The van der Waals surface area contributed by atoms with Gasteiger partial charge < -0.3 is 9.80 Å².